The van der Waals surface area contributed by atoms with Gasteiger partial charge in [-0.15, -0.1) is 0 Å². The zero-order chi connectivity index (χ0) is 16.1. The number of aromatic hydroxyl groups is 2. The number of Topliss-reactive ketones (excluding diaryl/α,β-unsaturated/α-hetero) is 1. The van der Waals surface area contributed by atoms with E-state index < -0.39 is 0 Å². The van der Waals surface area contributed by atoms with Crippen LogP contribution in [0.25, 0.3) is 0 Å². The van der Waals surface area contributed by atoms with Crippen LogP contribution in [0.5, 0.6) is 17.2 Å². The lowest BCUT2D eigenvalue weighted by molar-refractivity contribution is 0.0979. The molecule has 0 atom stereocenters. The van der Waals surface area contributed by atoms with Gasteiger partial charge >= 0.3 is 0 Å². The van der Waals surface area contributed by atoms with Crippen molar-refractivity contribution >= 4 is 5.78 Å². The van der Waals surface area contributed by atoms with Crippen LogP contribution < -0.4 is 4.74 Å². The minimum Gasteiger partial charge on any atom is -0.508 e. The number of hydrogen-bond donors (Lipinski definition) is 2. The fourth-order valence-electron chi connectivity index (χ4n) is 2.46. The molecule has 0 aliphatic carbocycles. The molecule has 0 heterocycles. The summed E-state index contributed by atoms with van der Waals surface area (Å²) in [7, 11) is 1.46. The van der Waals surface area contributed by atoms with Crippen molar-refractivity contribution in [2.45, 2.75) is 26.2 Å². The van der Waals surface area contributed by atoms with Gasteiger partial charge in [0.1, 0.15) is 5.75 Å². The third kappa shape index (κ3) is 3.39. The van der Waals surface area contributed by atoms with Gasteiger partial charge in [-0.1, -0.05) is 24.3 Å². The number of benzene rings is 2. The van der Waals surface area contributed by atoms with Crippen LogP contribution in [-0.4, -0.2) is 23.1 Å². The third-order valence-electron chi connectivity index (χ3n) is 3.72. The van der Waals surface area contributed by atoms with Gasteiger partial charge in [-0.2, -0.15) is 0 Å². The highest BCUT2D eigenvalue weighted by Crippen LogP contribution is 2.36. The molecule has 0 saturated carbocycles. The molecule has 0 saturated heterocycles. The Morgan fingerprint density at radius 1 is 1.14 bits per heavy atom. The molecule has 0 aromatic heterocycles. The summed E-state index contributed by atoms with van der Waals surface area (Å²) in [5.41, 5.74) is 2.10. The number of hydrogen-bond acceptors (Lipinski definition) is 4. The summed E-state index contributed by atoms with van der Waals surface area (Å²) in [6.45, 7) is 1.91. The number of ketones is 1. The summed E-state index contributed by atoms with van der Waals surface area (Å²) in [5.74, 6) is 0.338. The smallest absolute Gasteiger partial charge is 0.164 e. The van der Waals surface area contributed by atoms with E-state index in [2.05, 4.69) is 0 Å². The molecular weight excluding hydrogens is 280 g/mol. The lowest BCUT2D eigenvalue weighted by atomic mass is 9.98. The SMILES string of the molecule is COc1ccc(O)c(CCCC(=O)c2ccccc2C)c1O. The van der Waals surface area contributed by atoms with Crippen molar-refractivity contribution in [3.63, 3.8) is 0 Å². The molecule has 2 rings (SSSR count). The van der Waals surface area contributed by atoms with Gasteiger partial charge in [0, 0.05) is 17.5 Å². The van der Waals surface area contributed by atoms with Crippen molar-refractivity contribution in [3.8, 4) is 17.2 Å². The lowest BCUT2D eigenvalue weighted by Gasteiger charge is -2.11. The van der Waals surface area contributed by atoms with E-state index in [0.29, 0.717) is 30.6 Å². The van der Waals surface area contributed by atoms with Gasteiger partial charge in [0.25, 0.3) is 0 Å². The van der Waals surface area contributed by atoms with E-state index in [9.17, 15) is 15.0 Å². The van der Waals surface area contributed by atoms with Crippen LogP contribution in [0.2, 0.25) is 0 Å². The molecule has 4 nitrogen and oxygen atoms in total. The summed E-state index contributed by atoms with van der Waals surface area (Å²) in [6, 6.07) is 10.5. The second-order valence-electron chi connectivity index (χ2n) is 5.21. The Hall–Kier alpha value is -2.49. The van der Waals surface area contributed by atoms with Crippen molar-refractivity contribution in [1.29, 1.82) is 0 Å². The standard InChI is InChI=1S/C18H20O4/c1-12-6-3-4-7-13(12)15(19)9-5-8-14-16(20)10-11-17(22-2)18(14)21/h3-4,6-7,10-11,20-21H,5,8-9H2,1-2H3. The van der Waals surface area contributed by atoms with Crippen LogP contribution in [0, 0.1) is 6.92 Å². The zero-order valence-corrected chi connectivity index (χ0v) is 12.8. The van der Waals surface area contributed by atoms with Gasteiger partial charge < -0.3 is 14.9 Å². The molecule has 2 N–H and O–H groups in total. The normalized spacial score (nSPS) is 10.5. The molecule has 0 bridgehead atoms. The van der Waals surface area contributed by atoms with Crippen LogP contribution in [-0.2, 0) is 6.42 Å². The highest BCUT2D eigenvalue weighted by molar-refractivity contribution is 5.97. The molecule has 2 aromatic carbocycles. The maximum atomic E-state index is 12.2. The first kappa shape index (κ1) is 15.9. The quantitative estimate of drug-likeness (QED) is 0.800. The minimum atomic E-state index is -0.0640. The number of phenols is 2. The predicted molar refractivity (Wildman–Crippen MR) is 84.8 cm³/mol. The van der Waals surface area contributed by atoms with Crippen LogP contribution in [0.4, 0.5) is 0 Å². The zero-order valence-electron chi connectivity index (χ0n) is 12.8. The first-order valence-corrected chi connectivity index (χ1v) is 7.21. The molecule has 116 valence electrons. The Morgan fingerprint density at radius 3 is 2.55 bits per heavy atom. The Balaban J connectivity index is 2.03. The van der Waals surface area contributed by atoms with Crippen molar-refractivity contribution in [2.24, 2.45) is 0 Å². The fraction of sp³-hybridized carbons (Fsp3) is 0.278. The highest BCUT2D eigenvalue weighted by Gasteiger charge is 2.14. The van der Waals surface area contributed by atoms with Gasteiger partial charge in [-0.05, 0) is 37.5 Å². The van der Waals surface area contributed by atoms with Crippen LogP contribution in [0.3, 0.4) is 0 Å². The predicted octanol–water partition coefficient (Wildman–Crippen LogP) is 3.62. The summed E-state index contributed by atoms with van der Waals surface area (Å²) in [4.78, 5) is 12.2. The molecular formula is C18H20O4. The van der Waals surface area contributed by atoms with Gasteiger partial charge in [0.05, 0.1) is 7.11 Å². The molecule has 0 spiro atoms. The first-order valence-electron chi connectivity index (χ1n) is 7.21. The second-order valence-corrected chi connectivity index (χ2v) is 5.21. The summed E-state index contributed by atoms with van der Waals surface area (Å²) in [5, 5.41) is 19.9. The number of aryl methyl sites for hydroxylation is 1. The molecule has 0 amide bonds. The molecule has 0 aliphatic heterocycles. The van der Waals surface area contributed by atoms with Crippen molar-refractivity contribution in [2.75, 3.05) is 7.11 Å². The van der Waals surface area contributed by atoms with Crippen LogP contribution in [0.15, 0.2) is 36.4 Å². The number of ether oxygens (including phenoxy) is 1. The van der Waals surface area contributed by atoms with E-state index in [1.165, 1.54) is 19.2 Å². The van der Waals surface area contributed by atoms with E-state index in [1.54, 1.807) is 0 Å². The lowest BCUT2D eigenvalue weighted by Crippen LogP contribution is -2.02. The monoisotopic (exact) mass is 300 g/mol. The fourth-order valence-corrected chi connectivity index (χ4v) is 2.46. The highest BCUT2D eigenvalue weighted by atomic mass is 16.5. The maximum absolute atomic E-state index is 12.2. The molecule has 2 aromatic rings. The van der Waals surface area contributed by atoms with Crippen molar-refractivity contribution in [3.05, 3.63) is 53.1 Å². The number of carbonyl (C=O) groups is 1. The van der Waals surface area contributed by atoms with E-state index in [0.717, 1.165) is 11.1 Å². The summed E-state index contributed by atoms with van der Waals surface area (Å²) in [6.07, 6.45) is 1.31. The average molecular weight is 300 g/mol. The van der Waals surface area contributed by atoms with Gasteiger partial charge in [-0.3, -0.25) is 4.79 Å². The van der Waals surface area contributed by atoms with Crippen molar-refractivity contribution < 1.29 is 19.7 Å². The van der Waals surface area contributed by atoms with E-state index in [4.69, 9.17) is 4.74 Å². The second kappa shape index (κ2) is 6.98. The van der Waals surface area contributed by atoms with Crippen molar-refractivity contribution in [1.82, 2.24) is 0 Å². The molecule has 0 unspecified atom stereocenters. The third-order valence-corrected chi connectivity index (χ3v) is 3.72. The van der Waals surface area contributed by atoms with E-state index >= 15 is 0 Å². The van der Waals surface area contributed by atoms with E-state index in [1.807, 2.05) is 31.2 Å². The Labute approximate surface area is 130 Å². The van der Waals surface area contributed by atoms with Crippen LogP contribution >= 0.6 is 0 Å². The van der Waals surface area contributed by atoms with Gasteiger partial charge in [-0.25, -0.2) is 0 Å². The van der Waals surface area contributed by atoms with Crippen LogP contribution in [0.1, 0.15) is 34.3 Å². The minimum absolute atomic E-state index is 0.0154. The first-order chi connectivity index (χ1) is 10.5. The Bertz CT molecular complexity index is 677. The number of carbonyl (C=O) groups excluding carboxylic acids is 1. The van der Waals surface area contributed by atoms with Gasteiger partial charge in [0.15, 0.2) is 17.3 Å². The Kier molecular flexibility index (Phi) is 5.04. The molecule has 0 radical (unpaired) electrons. The molecule has 22 heavy (non-hydrogen) atoms. The Morgan fingerprint density at radius 2 is 1.86 bits per heavy atom. The topological polar surface area (TPSA) is 66.8 Å². The largest absolute Gasteiger partial charge is 0.508 e. The van der Waals surface area contributed by atoms with Gasteiger partial charge in [0.2, 0.25) is 0 Å². The summed E-state index contributed by atoms with van der Waals surface area (Å²) < 4.78 is 5.03. The molecule has 0 fully saturated rings. The number of phenolic OH excluding ortho intramolecular Hbond substituents is 2. The maximum Gasteiger partial charge on any atom is 0.164 e. The van der Waals surface area contributed by atoms with E-state index in [-0.39, 0.29) is 17.3 Å². The number of methoxy groups -OCH3 is 1. The number of rotatable bonds is 6. The molecule has 4 heteroatoms. The summed E-state index contributed by atoms with van der Waals surface area (Å²) >= 11 is 0. The molecule has 0 aliphatic rings. The average Bonchev–Trinajstić information content (AvgIpc) is 2.51.